The van der Waals surface area contributed by atoms with Gasteiger partial charge in [-0.25, -0.2) is 4.39 Å². The summed E-state index contributed by atoms with van der Waals surface area (Å²) < 4.78 is 13.2. The van der Waals surface area contributed by atoms with Gasteiger partial charge in [0.2, 0.25) is 0 Å². The molecule has 96 valence electrons. The first kappa shape index (κ1) is 12.8. The Morgan fingerprint density at radius 1 is 1.39 bits per heavy atom. The molecule has 4 heteroatoms. The number of benzene rings is 1. The van der Waals surface area contributed by atoms with Crippen LogP contribution in [0.25, 0.3) is 11.3 Å². The molecular weight excluding hydrogens is 229 g/mol. The highest BCUT2D eigenvalue weighted by molar-refractivity contribution is 5.62. The third kappa shape index (κ3) is 2.96. The van der Waals surface area contributed by atoms with Crippen LogP contribution in [0.15, 0.2) is 30.5 Å². The van der Waals surface area contributed by atoms with E-state index in [4.69, 9.17) is 0 Å². The van der Waals surface area contributed by atoms with Crippen LogP contribution in [0, 0.1) is 5.82 Å². The molecule has 0 aliphatic carbocycles. The van der Waals surface area contributed by atoms with Crippen molar-refractivity contribution in [1.82, 2.24) is 15.1 Å². The molecule has 1 N–H and O–H groups in total. The highest BCUT2D eigenvalue weighted by Crippen LogP contribution is 2.22. The first-order valence-electron chi connectivity index (χ1n) is 6.17. The third-order valence-electron chi connectivity index (χ3n) is 2.88. The summed E-state index contributed by atoms with van der Waals surface area (Å²) in [7, 11) is 2.08. The largest absolute Gasteiger partial charge is 0.302 e. The molecule has 1 aromatic carbocycles. The van der Waals surface area contributed by atoms with Gasteiger partial charge in [0.15, 0.2) is 0 Å². The van der Waals surface area contributed by atoms with Gasteiger partial charge >= 0.3 is 0 Å². The van der Waals surface area contributed by atoms with Gasteiger partial charge in [-0.1, -0.05) is 19.1 Å². The van der Waals surface area contributed by atoms with E-state index in [1.807, 2.05) is 12.3 Å². The Hall–Kier alpha value is -1.68. The zero-order valence-electron chi connectivity index (χ0n) is 10.8. The fourth-order valence-electron chi connectivity index (χ4n) is 2.08. The summed E-state index contributed by atoms with van der Waals surface area (Å²) in [6.07, 6.45) is 2.93. The Bertz CT molecular complexity index is 507. The first-order valence-corrected chi connectivity index (χ1v) is 6.17. The van der Waals surface area contributed by atoms with Crippen molar-refractivity contribution in [2.75, 3.05) is 13.6 Å². The number of nitrogens with zero attached hydrogens (tertiary/aromatic N) is 2. The number of rotatable bonds is 5. The van der Waals surface area contributed by atoms with Gasteiger partial charge in [-0.3, -0.25) is 5.10 Å². The molecule has 0 radical (unpaired) electrons. The van der Waals surface area contributed by atoms with E-state index in [0.717, 1.165) is 36.3 Å². The van der Waals surface area contributed by atoms with Crippen LogP contribution in [0.4, 0.5) is 4.39 Å². The van der Waals surface area contributed by atoms with Gasteiger partial charge in [0.25, 0.3) is 0 Å². The molecule has 0 unspecified atom stereocenters. The van der Waals surface area contributed by atoms with Crippen molar-refractivity contribution in [1.29, 1.82) is 0 Å². The molecule has 0 saturated carbocycles. The summed E-state index contributed by atoms with van der Waals surface area (Å²) in [5.74, 6) is -0.227. The van der Waals surface area contributed by atoms with E-state index in [1.165, 1.54) is 12.1 Å². The molecule has 3 nitrogen and oxygen atoms in total. The molecule has 0 aliphatic heterocycles. The average Bonchev–Trinajstić information content (AvgIpc) is 2.77. The lowest BCUT2D eigenvalue weighted by atomic mass is 10.1. The number of hydrogen-bond acceptors (Lipinski definition) is 2. The monoisotopic (exact) mass is 247 g/mol. The van der Waals surface area contributed by atoms with Crippen LogP contribution >= 0.6 is 0 Å². The second-order valence-corrected chi connectivity index (χ2v) is 4.52. The van der Waals surface area contributed by atoms with Crippen molar-refractivity contribution in [3.05, 3.63) is 41.8 Å². The van der Waals surface area contributed by atoms with E-state index in [1.54, 1.807) is 6.07 Å². The highest BCUT2D eigenvalue weighted by atomic mass is 19.1. The summed E-state index contributed by atoms with van der Waals surface area (Å²) in [4.78, 5) is 2.23. The zero-order chi connectivity index (χ0) is 13.0. The minimum absolute atomic E-state index is 0.227. The summed E-state index contributed by atoms with van der Waals surface area (Å²) in [5, 5.41) is 7.02. The maximum atomic E-state index is 13.2. The predicted molar refractivity (Wildman–Crippen MR) is 70.6 cm³/mol. The van der Waals surface area contributed by atoms with E-state index in [0.29, 0.717) is 0 Å². The molecule has 2 rings (SSSR count). The number of nitrogens with one attached hydrogen (secondary N) is 1. The van der Waals surface area contributed by atoms with Gasteiger partial charge in [0.05, 0.1) is 11.9 Å². The number of H-pyrrole nitrogens is 1. The summed E-state index contributed by atoms with van der Waals surface area (Å²) in [6, 6.07) is 6.57. The van der Waals surface area contributed by atoms with Crippen molar-refractivity contribution in [2.45, 2.75) is 19.9 Å². The molecule has 2 aromatic rings. The van der Waals surface area contributed by atoms with Gasteiger partial charge in [-0.15, -0.1) is 0 Å². The topological polar surface area (TPSA) is 31.9 Å². The fourth-order valence-corrected chi connectivity index (χ4v) is 2.08. The van der Waals surface area contributed by atoms with Crippen LogP contribution in [0.3, 0.4) is 0 Å². The van der Waals surface area contributed by atoms with Gasteiger partial charge in [-0.05, 0) is 32.1 Å². The number of hydrogen-bond donors (Lipinski definition) is 1. The third-order valence-corrected chi connectivity index (χ3v) is 2.88. The fraction of sp³-hybridized carbons (Fsp3) is 0.357. The molecule has 18 heavy (non-hydrogen) atoms. The first-order chi connectivity index (χ1) is 8.70. The summed E-state index contributed by atoms with van der Waals surface area (Å²) in [5.41, 5.74) is 2.83. The van der Waals surface area contributed by atoms with Crippen molar-refractivity contribution in [3.8, 4) is 11.3 Å². The van der Waals surface area contributed by atoms with Crippen LogP contribution in [0.1, 0.15) is 18.9 Å². The second kappa shape index (κ2) is 5.78. The van der Waals surface area contributed by atoms with E-state index in [2.05, 4.69) is 29.1 Å². The van der Waals surface area contributed by atoms with Gasteiger partial charge < -0.3 is 4.90 Å². The van der Waals surface area contributed by atoms with Crippen molar-refractivity contribution < 1.29 is 4.39 Å². The van der Waals surface area contributed by atoms with E-state index < -0.39 is 0 Å². The molecule has 0 spiro atoms. The minimum atomic E-state index is -0.227. The van der Waals surface area contributed by atoms with Crippen LogP contribution in [-0.4, -0.2) is 28.7 Å². The lowest BCUT2D eigenvalue weighted by molar-refractivity contribution is 0.328. The van der Waals surface area contributed by atoms with Crippen LogP contribution in [0.2, 0.25) is 0 Å². The minimum Gasteiger partial charge on any atom is -0.302 e. The van der Waals surface area contributed by atoms with Gasteiger partial charge in [0, 0.05) is 17.7 Å². The number of aromatic amines is 1. The number of halogens is 1. The maximum absolute atomic E-state index is 13.2. The average molecular weight is 247 g/mol. The van der Waals surface area contributed by atoms with E-state index in [9.17, 15) is 4.39 Å². The molecule has 0 saturated heterocycles. The SMILES string of the molecule is CCCN(C)Cc1cn[nH]c1-c1cccc(F)c1. The van der Waals surface area contributed by atoms with E-state index >= 15 is 0 Å². The molecule has 1 heterocycles. The predicted octanol–water partition coefficient (Wildman–Crippen LogP) is 3.06. The Morgan fingerprint density at radius 3 is 2.94 bits per heavy atom. The summed E-state index contributed by atoms with van der Waals surface area (Å²) in [6.45, 7) is 4.00. The molecule has 0 atom stereocenters. The highest BCUT2D eigenvalue weighted by Gasteiger charge is 2.10. The van der Waals surface area contributed by atoms with Crippen molar-refractivity contribution in [3.63, 3.8) is 0 Å². The Balaban J connectivity index is 2.22. The zero-order valence-corrected chi connectivity index (χ0v) is 10.8. The Morgan fingerprint density at radius 2 is 2.22 bits per heavy atom. The van der Waals surface area contributed by atoms with Gasteiger partial charge in [-0.2, -0.15) is 5.10 Å². The normalized spacial score (nSPS) is 11.1. The van der Waals surface area contributed by atoms with Crippen LogP contribution < -0.4 is 0 Å². The standard InChI is InChI=1S/C14H18FN3/c1-3-7-18(2)10-12-9-16-17-14(12)11-5-4-6-13(15)8-11/h4-6,8-9H,3,7,10H2,1-2H3,(H,16,17). The maximum Gasteiger partial charge on any atom is 0.123 e. The van der Waals surface area contributed by atoms with Crippen molar-refractivity contribution >= 4 is 0 Å². The van der Waals surface area contributed by atoms with E-state index in [-0.39, 0.29) is 5.82 Å². The molecule has 0 bridgehead atoms. The Kier molecular flexibility index (Phi) is 4.10. The number of aromatic nitrogens is 2. The quantitative estimate of drug-likeness (QED) is 0.880. The molecular formula is C14H18FN3. The summed E-state index contributed by atoms with van der Waals surface area (Å²) >= 11 is 0. The second-order valence-electron chi connectivity index (χ2n) is 4.52. The van der Waals surface area contributed by atoms with Gasteiger partial charge in [0.1, 0.15) is 5.82 Å². The lowest BCUT2D eigenvalue weighted by Crippen LogP contribution is -2.18. The van der Waals surface area contributed by atoms with Crippen LogP contribution in [-0.2, 0) is 6.54 Å². The Labute approximate surface area is 107 Å². The van der Waals surface area contributed by atoms with Crippen LogP contribution in [0.5, 0.6) is 0 Å². The molecule has 0 amide bonds. The smallest absolute Gasteiger partial charge is 0.123 e. The molecule has 0 aliphatic rings. The van der Waals surface area contributed by atoms with Crippen molar-refractivity contribution in [2.24, 2.45) is 0 Å². The molecule has 0 fully saturated rings. The molecule has 1 aromatic heterocycles. The lowest BCUT2D eigenvalue weighted by Gasteiger charge is -2.15.